The minimum atomic E-state index is -3.51. The zero-order valence-electron chi connectivity index (χ0n) is 17.4. The van der Waals surface area contributed by atoms with Crippen molar-refractivity contribution in [2.45, 2.75) is 51.0 Å². The van der Waals surface area contributed by atoms with E-state index < -0.39 is 10.0 Å². The van der Waals surface area contributed by atoms with Crippen LogP contribution in [-0.2, 0) is 21.4 Å². The van der Waals surface area contributed by atoms with Gasteiger partial charge in [0.2, 0.25) is 15.9 Å². The maximum absolute atomic E-state index is 12.9. The summed E-state index contributed by atoms with van der Waals surface area (Å²) in [6.45, 7) is 7.44. The van der Waals surface area contributed by atoms with Crippen molar-refractivity contribution in [3.8, 4) is 0 Å². The summed E-state index contributed by atoms with van der Waals surface area (Å²) in [6.07, 6.45) is 1.09. The molecule has 1 fully saturated rings. The first-order valence-corrected chi connectivity index (χ1v) is 11.7. The third kappa shape index (κ3) is 5.06. The van der Waals surface area contributed by atoms with E-state index in [0.29, 0.717) is 43.3 Å². The molecule has 0 unspecified atom stereocenters. The average Bonchev–Trinajstić information content (AvgIpc) is 2.73. The second-order valence-corrected chi connectivity index (χ2v) is 9.98. The number of hydrogen-bond acceptors (Lipinski definition) is 3. The molecule has 0 saturated carbocycles. The fourth-order valence-corrected chi connectivity index (χ4v) is 5.14. The summed E-state index contributed by atoms with van der Waals surface area (Å²) in [4.78, 5) is 12.9. The van der Waals surface area contributed by atoms with Crippen LogP contribution in [-0.4, -0.2) is 31.7 Å². The quantitative estimate of drug-likeness (QED) is 0.781. The number of sulfonamides is 1. The monoisotopic (exact) mass is 414 g/mol. The third-order valence-corrected chi connectivity index (χ3v) is 7.64. The summed E-state index contributed by atoms with van der Waals surface area (Å²) in [5.41, 5.74) is 3.37. The smallest absolute Gasteiger partial charge is 0.243 e. The first-order valence-electron chi connectivity index (χ1n) is 10.2. The molecule has 0 bridgehead atoms. The van der Waals surface area contributed by atoms with Crippen LogP contribution in [0, 0.1) is 12.8 Å². The van der Waals surface area contributed by atoms with Gasteiger partial charge >= 0.3 is 0 Å². The van der Waals surface area contributed by atoms with E-state index in [9.17, 15) is 13.2 Å². The van der Waals surface area contributed by atoms with E-state index >= 15 is 0 Å². The highest BCUT2D eigenvalue weighted by molar-refractivity contribution is 7.89. The van der Waals surface area contributed by atoms with E-state index in [1.165, 1.54) is 4.31 Å². The number of benzene rings is 2. The van der Waals surface area contributed by atoms with Crippen molar-refractivity contribution in [2.24, 2.45) is 5.92 Å². The molecular weight excluding hydrogens is 384 g/mol. The molecule has 1 heterocycles. The van der Waals surface area contributed by atoms with Gasteiger partial charge in [-0.2, -0.15) is 4.31 Å². The SMILES string of the molecule is Cc1ccccc1CNC(=O)C1CCN(S(=O)(=O)c2ccc(C(C)C)cc2)CC1. The molecule has 1 N–H and O–H groups in total. The molecule has 0 radical (unpaired) electrons. The Morgan fingerprint density at radius 3 is 2.28 bits per heavy atom. The molecule has 29 heavy (non-hydrogen) atoms. The normalized spacial score (nSPS) is 16.1. The summed E-state index contributed by atoms with van der Waals surface area (Å²) in [7, 11) is -3.51. The van der Waals surface area contributed by atoms with E-state index in [-0.39, 0.29) is 11.8 Å². The van der Waals surface area contributed by atoms with Crippen LogP contribution in [0.25, 0.3) is 0 Å². The van der Waals surface area contributed by atoms with Crippen LogP contribution < -0.4 is 5.32 Å². The molecule has 0 aromatic heterocycles. The minimum Gasteiger partial charge on any atom is -0.352 e. The highest BCUT2D eigenvalue weighted by Gasteiger charge is 2.32. The topological polar surface area (TPSA) is 66.5 Å². The Bertz CT molecular complexity index is 944. The zero-order valence-corrected chi connectivity index (χ0v) is 18.2. The Morgan fingerprint density at radius 2 is 1.69 bits per heavy atom. The van der Waals surface area contributed by atoms with Gasteiger partial charge < -0.3 is 5.32 Å². The van der Waals surface area contributed by atoms with Crippen molar-refractivity contribution in [1.82, 2.24) is 9.62 Å². The molecule has 156 valence electrons. The number of nitrogens with one attached hydrogen (secondary N) is 1. The number of hydrogen-bond donors (Lipinski definition) is 1. The van der Waals surface area contributed by atoms with Gasteiger partial charge in [0.15, 0.2) is 0 Å². The first kappa shape index (κ1) is 21.5. The zero-order chi connectivity index (χ0) is 21.0. The number of carbonyl (C=O) groups is 1. The Labute approximate surface area is 174 Å². The molecule has 1 amide bonds. The van der Waals surface area contributed by atoms with E-state index in [2.05, 4.69) is 19.2 Å². The Balaban J connectivity index is 1.56. The van der Waals surface area contributed by atoms with Gasteiger partial charge in [-0.25, -0.2) is 8.42 Å². The fraction of sp³-hybridized carbons (Fsp3) is 0.435. The molecule has 1 aliphatic heterocycles. The molecule has 3 rings (SSSR count). The summed E-state index contributed by atoms with van der Waals surface area (Å²) in [5, 5.41) is 3.00. The second kappa shape index (κ2) is 9.09. The molecule has 2 aromatic rings. The number of carbonyl (C=O) groups excluding carboxylic acids is 1. The van der Waals surface area contributed by atoms with Crippen molar-refractivity contribution < 1.29 is 13.2 Å². The van der Waals surface area contributed by atoms with Gasteiger partial charge in [0.05, 0.1) is 4.90 Å². The molecule has 5 nitrogen and oxygen atoms in total. The Kier molecular flexibility index (Phi) is 6.75. The van der Waals surface area contributed by atoms with E-state index in [1.807, 2.05) is 43.3 Å². The lowest BCUT2D eigenvalue weighted by atomic mass is 9.97. The number of nitrogens with zero attached hydrogens (tertiary/aromatic N) is 1. The fourth-order valence-electron chi connectivity index (χ4n) is 3.67. The molecule has 0 spiro atoms. The summed E-state index contributed by atoms with van der Waals surface area (Å²) in [5.74, 6) is 0.223. The standard InChI is InChI=1S/C23H30N2O3S/c1-17(2)19-8-10-22(11-9-19)29(27,28)25-14-12-20(13-15-25)23(26)24-16-21-7-5-4-6-18(21)3/h4-11,17,20H,12-16H2,1-3H3,(H,24,26). The van der Waals surface area contributed by atoms with Gasteiger partial charge in [-0.05, 0) is 54.5 Å². The molecule has 2 aromatic carbocycles. The number of piperidine rings is 1. The van der Waals surface area contributed by atoms with E-state index in [1.54, 1.807) is 12.1 Å². The van der Waals surface area contributed by atoms with E-state index in [0.717, 1.165) is 16.7 Å². The molecule has 1 aliphatic rings. The highest BCUT2D eigenvalue weighted by atomic mass is 32.2. The van der Waals surface area contributed by atoms with Crippen molar-refractivity contribution in [2.75, 3.05) is 13.1 Å². The molecular formula is C23H30N2O3S. The van der Waals surface area contributed by atoms with Gasteiger partial charge in [-0.15, -0.1) is 0 Å². The van der Waals surface area contributed by atoms with Crippen LogP contribution >= 0.6 is 0 Å². The molecule has 0 aliphatic carbocycles. The minimum absolute atomic E-state index is 0.00610. The van der Waals surface area contributed by atoms with Crippen molar-refractivity contribution in [1.29, 1.82) is 0 Å². The lowest BCUT2D eigenvalue weighted by Gasteiger charge is -2.30. The Hall–Kier alpha value is -2.18. The van der Waals surface area contributed by atoms with Gasteiger partial charge in [-0.3, -0.25) is 4.79 Å². The summed E-state index contributed by atoms with van der Waals surface area (Å²) < 4.78 is 27.3. The Morgan fingerprint density at radius 1 is 1.07 bits per heavy atom. The van der Waals surface area contributed by atoms with Gasteiger partial charge in [0.25, 0.3) is 0 Å². The van der Waals surface area contributed by atoms with Crippen LogP contribution in [0.3, 0.4) is 0 Å². The van der Waals surface area contributed by atoms with Gasteiger partial charge in [-0.1, -0.05) is 50.2 Å². The van der Waals surface area contributed by atoms with Crippen LogP contribution in [0.4, 0.5) is 0 Å². The summed E-state index contributed by atoms with van der Waals surface area (Å²) >= 11 is 0. The molecule has 1 saturated heterocycles. The second-order valence-electron chi connectivity index (χ2n) is 8.05. The lowest BCUT2D eigenvalue weighted by Crippen LogP contribution is -2.42. The van der Waals surface area contributed by atoms with Crippen molar-refractivity contribution in [3.63, 3.8) is 0 Å². The summed E-state index contributed by atoms with van der Waals surface area (Å²) in [6, 6.07) is 15.1. The third-order valence-electron chi connectivity index (χ3n) is 5.72. The maximum Gasteiger partial charge on any atom is 0.243 e. The number of aryl methyl sites for hydroxylation is 1. The lowest BCUT2D eigenvalue weighted by molar-refractivity contribution is -0.126. The molecule has 0 atom stereocenters. The first-order chi connectivity index (χ1) is 13.8. The largest absolute Gasteiger partial charge is 0.352 e. The van der Waals surface area contributed by atoms with E-state index in [4.69, 9.17) is 0 Å². The predicted molar refractivity (Wildman–Crippen MR) is 115 cm³/mol. The highest BCUT2D eigenvalue weighted by Crippen LogP contribution is 2.25. The van der Waals surface area contributed by atoms with Gasteiger partial charge in [0.1, 0.15) is 0 Å². The average molecular weight is 415 g/mol. The number of amides is 1. The van der Waals surface area contributed by atoms with Crippen molar-refractivity contribution >= 4 is 15.9 Å². The van der Waals surface area contributed by atoms with Crippen LogP contribution in [0.5, 0.6) is 0 Å². The predicted octanol–water partition coefficient (Wildman–Crippen LogP) is 3.84. The van der Waals surface area contributed by atoms with Crippen molar-refractivity contribution in [3.05, 3.63) is 65.2 Å². The van der Waals surface area contributed by atoms with Gasteiger partial charge in [0, 0.05) is 25.6 Å². The molecule has 6 heteroatoms. The number of rotatable bonds is 6. The van der Waals surface area contributed by atoms with Crippen LogP contribution in [0.1, 0.15) is 49.3 Å². The van der Waals surface area contributed by atoms with Crippen LogP contribution in [0.15, 0.2) is 53.4 Å². The van der Waals surface area contributed by atoms with Crippen LogP contribution in [0.2, 0.25) is 0 Å². The maximum atomic E-state index is 12.9.